The Hall–Kier alpha value is -0.920. The molecule has 0 aromatic heterocycles. The first kappa shape index (κ1) is 16.9. The van der Waals surface area contributed by atoms with Crippen LogP contribution in [-0.2, 0) is 0 Å². The number of halogens is 2. The van der Waals surface area contributed by atoms with E-state index in [4.69, 9.17) is 0 Å². The maximum Gasteiger partial charge on any atom is 0.159 e. The van der Waals surface area contributed by atoms with E-state index in [0.717, 1.165) is 35.7 Å². The third-order valence-corrected chi connectivity index (χ3v) is 6.62. The van der Waals surface area contributed by atoms with Gasteiger partial charge in [0.15, 0.2) is 11.6 Å². The zero-order chi connectivity index (χ0) is 16.4. The van der Waals surface area contributed by atoms with Crippen LogP contribution < -0.4 is 0 Å². The quantitative estimate of drug-likeness (QED) is 0.579. The Balaban J connectivity index is 1.61. The molecule has 0 spiro atoms. The van der Waals surface area contributed by atoms with Crippen LogP contribution in [0, 0.1) is 35.3 Å². The van der Waals surface area contributed by atoms with Gasteiger partial charge in [-0.15, -0.1) is 0 Å². The Morgan fingerprint density at radius 1 is 1.00 bits per heavy atom. The van der Waals surface area contributed by atoms with E-state index in [1.807, 2.05) is 0 Å². The van der Waals surface area contributed by atoms with Gasteiger partial charge >= 0.3 is 0 Å². The Kier molecular flexibility index (Phi) is 5.38. The van der Waals surface area contributed by atoms with E-state index in [2.05, 4.69) is 13.8 Å². The summed E-state index contributed by atoms with van der Waals surface area (Å²) in [5.74, 6) is 2.45. The van der Waals surface area contributed by atoms with Crippen molar-refractivity contribution < 1.29 is 8.78 Å². The van der Waals surface area contributed by atoms with Crippen LogP contribution in [0.3, 0.4) is 0 Å². The molecule has 3 rings (SSSR count). The van der Waals surface area contributed by atoms with Gasteiger partial charge < -0.3 is 0 Å². The maximum atomic E-state index is 13.5. The third-order valence-electron chi connectivity index (χ3n) is 6.62. The molecule has 0 aliphatic heterocycles. The number of benzene rings is 1. The lowest BCUT2D eigenvalue weighted by Crippen LogP contribution is -2.32. The SMILES string of the molecule is CCCC(C)C1CCC2CC(c3ccc(F)c(F)c3)CCC2C1. The van der Waals surface area contributed by atoms with Gasteiger partial charge in [0.25, 0.3) is 0 Å². The topological polar surface area (TPSA) is 0 Å². The second-order valence-corrected chi connectivity index (χ2v) is 8.04. The summed E-state index contributed by atoms with van der Waals surface area (Å²) in [6, 6.07) is 4.51. The molecule has 2 saturated carbocycles. The molecule has 128 valence electrons. The third kappa shape index (κ3) is 3.78. The first-order valence-electron chi connectivity index (χ1n) is 9.53. The summed E-state index contributed by atoms with van der Waals surface area (Å²) in [5, 5.41) is 0. The van der Waals surface area contributed by atoms with Crippen LogP contribution in [0.1, 0.15) is 76.7 Å². The van der Waals surface area contributed by atoms with Gasteiger partial charge in [0.2, 0.25) is 0 Å². The molecular weight excluding hydrogens is 290 g/mol. The summed E-state index contributed by atoms with van der Waals surface area (Å²) in [7, 11) is 0. The molecule has 2 aliphatic carbocycles. The van der Waals surface area contributed by atoms with Gasteiger partial charge in [-0.05, 0) is 85.8 Å². The fourth-order valence-electron chi connectivity index (χ4n) is 5.20. The average molecular weight is 320 g/mol. The van der Waals surface area contributed by atoms with Crippen LogP contribution in [0.15, 0.2) is 18.2 Å². The van der Waals surface area contributed by atoms with Crippen molar-refractivity contribution in [2.45, 2.75) is 71.1 Å². The minimum Gasteiger partial charge on any atom is -0.204 e. The summed E-state index contributed by atoms with van der Waals surface area (Å²) in [6.45, 7) is 4.72. The molecule has 23 heavy (non-hydrogen) atoms. The first-order valence-corrected chi connectivity index (χ1v) is 9.53. The first-order chi connectivity index (χ1) is 11.1. The number of fused-ring (bicyclic) bond motifs is 1. The molecule has 5 unspecified atom stereocenters. The lowest BCUT2D eigenvalue weighted by molar-refractivity contribution is 0.0921. The van der Waals surface area contributed by atoms with E-state index in [-0.39, 0.29) is 0 Å². The van der Waals surface area contributed by atoms with Gasteiger partial charge in [0.05, 0.1) is 0 Å². The van der Waals surface area contributed by atoms with Crippen molar-refractivity contribution in [1.82, 2.24) is 0 Å². The molecule has 2 heteroatoms. The zero-order valence-electron chi connectivity index (χ0n) is 14.5. The van der Waals surface area contributed by atoms with Crippen LogP contribution in [-0.4, -0.2) is 0 Å². The Morgan fingerprint density at radius 3 is 2.48 bits per heavy atom. The van der Waals surface area contributed by atoms with E-state index in [0.29, 0.717) is 5.92 Å². The van der Waals surface area contributed by atoms with Crippen molar-refractivity contribution >= 4 is 0 Å². The molecule has 1 aromatic rings. The lowest BCUT2D eigenvalue weighted by Gasteiger charge is -2.44. The monoisotopic (exact) mass is 320 g/mol. The Bertz CT molecular complexity index is 525. The molecule has 0 nitrogen and oxygen atoms in total. The van der Waals surface area contributed by atoms with Crippen molar-refractivity contribution in [3.05, 3.63) is 35.4 Å². The highest BCUT2D eigenvalue weighted by Crippen LogP contribution is 2.49. The summed E-state index contributed by atoms with van der Waals surface area (Å²) in [4.78, 5) is 0. The van der Waals surface area contributed by atoms with Gasteiger partial charge in [-0.1, -0.05) is 32.8 Å². The zero-order valence-corrected chi connectivity index (χ0v) is 14.5. The molecule has 0 heterocycles. The van der Waals surface area contributed by atoms with Crippen molar-refractivity contribution in [3.8, 4) is 0 Å². The largest absolute Gasteiger partial charge is 0.204 e. The average Bonchev–Trinajstić information content (AvgIpc) is 2.56. The van der Waals surface area contributed by atoms with Crippen molar-refractivity contribution in [3.63, 3.8) is 0 Å². The van der Waals surface area contributed by atoms with Gasteiger partial charge in [-0.3, -0.25) is 0 Å². The van der Waals surface area contributed by atoms with Crippen LogP contribution >= 0.6 is 0 Å². The number of rotatable bonds is 4. The summed E-state index contributed by atoms with van der Waals surface area (Å²) >= 11 is 0. The van der Waals surface area contributed by atoms with Gasteiger partial charge in [0, 0.05) is 0 Å². The van der Waals surface area contributed by atoms with E-state index in [1.165, 1.54) is 57.1 Å². The van der Waals surface area contributed by atoms with Crippen LogP contribution in [0.5, 0.6) is 0 Å². The second-order valence-electron chi connectivity index (χ2n) is 8.04. The predicted molar refractivity (Wildman–Crippen MR) is 91.3 cm³/mol. The molecular formula is C21H30F2. The fraction of sp³-hybridized carbons (Fsp3) is 0.714. The van der Waals surface area contributed by atoms with Crippen molar-refractivity contribution in [2.75, 3.05) is 0 Å². The highest BCUT2D eigenvalue weighted by molar-refractivity contribution is 5.22. The van der Waals surface area contributed by atoms with Crippen LogP contribution in [0.4, 0.5) is 8.78 Å². The summed E-state index contributed by atoms with van der Waals surface area (Å²) in [6.07, 6.45) is 10.3. The minimum atomic E-state index is -0.729. The number of hydrogen-bond acceptors (Lipinski definition) is 0. The molecule has 2 fully saturated rings. The highest BCUT2D eigenvalue weighted by Gasteiger charge is 2.37. The molecule has 0 radical (unpaired) electrons. The molecule has 2 aliphatic rings. The smallest absolute Gasteiger partial charge is 0.159 e. The van der Waals surface area contributed by atoms with Gasteiger partial charge in [-0.25, -0.2) is 8.78 Å². The minimum absolute atomic E-state index is 0.427. The van der Waals surface area contributed by atoms with Crippen molar-refractivity contribution in [1.29, 1.82) is 0 Å². The van der Waals surface area contributed by atoms with Crippen LogP contribution in [0.2, 0.25) is 0 Å². The maximum absolute atomic E-state index is 13.5. The molecule has 0 bridgehead atoms. The van der Waals surface area contributed by atoms with E-state index >= 15 is 0 Å². The van der Waals surface area contributed by atoms with E-state index in [1.54, 1.807) is 6.07 Å². The van der Waals surface area contributed by atoms with E-state index in [9.17, 15) is 8.78 Å². The second kappa shape index (κ2) is 7.32. The fourth-order valence-corrected chi connectivity index (χ4v) is 5.20. The molecule has 5 atom stereocenters. The predicted octanol–water partition coefficient (Wildman–Crippen LogP) is 6.70. The number of hydrogen-bond donors (Lipinski definition) is 0. The molecule has 0 N–H and O–H groups in total. The van der Waals surface area contributed by atoms with Gasteiger partial charge in [0.1, 0.15) is 0 Å². The lowest BCUT2D eigenvalue weighted by atomic mass is 9.62. The van der Waals surface area contributed by atoms with E-state index < -0.39 is 11.6 Å². The van der Waals surface area contributed by atoms with Crippen molar-refractivity contribution in [2.24, 2.45) is 23.7 Å². The van der Waals surface area contributed by atoms with Crippen LogP contribution in [0.25, 0.3) is 0 Å². The Labute approximate surface area is 139 Å². The molecule has 0 saturated heterocycles. The normalized spacial score (nSPS) is 32.3. The standard InChI is InChI=1S/C21H30F2/c1-3-4-14(2)15-5-6-17-12-18(8-7-16(17)11-15)19-9-10-20(22)21(23)13-19/h9-10,13-18H,3-8,11-12H2,1-2H3. The molecule has 0 amide bonds. The summed E-state index contributed by atoms with van der Waals surface area (Å²) in [5.41, 5.74) is 1.00. The highest BCUT2D eigenvalue weighted by atomic mass is 19.2. The Morgan fingerprint density at radius 2 is 1.74 bits per heavy atom. The molecule has 1 aromatic carbocycles. The summed E-state index contributed by atoms with van der Waals surface area (Å²) < 4.78 is 26.6. The van der Waals surface area contributed by atoms with Gasteiger partial charge in [-0.2, -0.15) is 0 Å².